The second-order valence-corrected chi connectivity index (χ2v) is 4.02. The average Bonchev–Trinajstić information content (AvgIpc) is 2.52. The molecular weight excluding hydrogens is 268 g/mol. The smallest absolute Gasteiger partial charge is 0.358 e. The van der Waals surface area contributed by atoms with E-state index in [1.54, 1.807) is 12.1 Å². The van der Waals surface area contributed by atoms with Crippen molar-refractivity contribution in [2.75, 3.05) is 10.9 Å². The molecule has 0 spiro atoms. The number of carbonyl (C=O) groups is 1. The summed E-state index contributed by atoms with van der Waals surface area (Å²) >= 11 is 0. The van der Waals surface area contributed by atoms with Crippen LogP contribution < -0.4 is 10.9 Å². The van der Waals surface area contributed by atoms with Crippen molar-refractivity contribution < 1.29 is 9.90 Å². The van der Waals surface area contributed by atoms with Crippen molar-refractivity contribution in [3.05, 3.63) is 60.7 Å². The maximum atomic E-state index is 11.1. The number of carboxylic acids is 1. The molecule has 0 unspecified atom stereocenters. The molecule has 0 fully saturated rings. The molecule has 2 aromatic carbocycles. The first-order valence-electron chi connectivity index (χ1n) is 6.22. The van der Waals surface area contributed by atoms with E-state index in [1.807, 2.05) is 48.5 Å². The van der Waals surface area contributed by atoms with Crippen LogP contribution in [-0.4, -0.2) is 23.0 Å². The topological polar surface area (TPSA) is 86.1 Å². The molecule has 0 amide bonds. The Bertz CT molecular complexity index is 639. The summed E-state index contributed by atoms with van der Waals surface area (Å²) in [6, 6.07) is 18.3. The van der Waals surface area contributed by atoms with Crippen LogP contribution in [0.1, 0.15) is 0 Å². The van der Waals surface area contributed by atoms with Gasteiger partial charge in [-0.3, -0.25) is 10.9 Å². The first kappa shape index (κ1) is 14.3. The first-order valence-corrected chi connectivity index (χ1v) is 6.22. The Balaban J connectivity index is 2.00. The highest BCUT2D eigenvalue weighted by atomic mass is 16.4. The Morgan fingerprint density at radius 2 is 1.43 bits per heavy atom. The summed E-state index contributed by atoms with van der Waals surface area (Å²) in [5.41, 5.74) is 6.64. The van der Waals surface area contributed by atoms with E-state index in [0.29, 0.717) is 5.69 Å². The van der Waals surface area contributed by atoms with Crippen molar-refractivity contribution in [2.24, 2.45) is 10.2 Å². The van der Waals surface area contributed by atoms with E-state index < -0.39 is 5.97 Å². The number of para-hydroxylation sites is 2. The molecule has 2 rings (SSSR count). The predicted octanol–water partition coefficient (Wildman–Crippen LogP) is 2.64. The van der Waals surface area contributed by atoms with E-state index in [4.69, 9.17) is 5.11 Å². The van der Waals surface area contributed by atoms with Crippen LogP contribution in [0.4, 0.5) is 11.4 Å². The lowest BCUT2D eigenvalue weighted by molar-refractivity contribution is -0.129. The number of nitrogens with zero attached hydrogens (tertiary/aromatic N) is 2. The van der Waals surface area contributed by atoms with Gasteiger partial charge < -0.3 is 5.11 Å². The van der Waals surface area contributed by atoms with E-state index in [0.717, 1.165) is 11.9 Å². The van der Waals surface area contributed by atoms with Gasteiger partial charge in [0.1, 0.15) is 0 Å². The molecule has 0 aliphatic heterocycles. The number of hydrogen-bond acceptors (Lipinski definition) is 5. The number of aliphatic carboxylic acids is 1. The van der Waals surface area contributed by atoms with Crippen molar-refractivity contribution in [3.63, 3.8) is 0 Å². The number of nitrogens with one attached hydrogen (secondary N) is 2. The maximum absolute atomic E-state index is 11.1. The SMILES string of the molecule is O=C(O)C(C=NNc1ccccc1)=NNc1ccccc1. The van der Waals surface area contributed by atoms with Crippen LogP contribution in [0.15, 0.2) is 70.9 Å². The van der Waals surface area contributed by atoms with Gasteiger partial charge in [0.05, 0.1) is 17.6 Å². The Hall–Kier alpha value is -3.15. The van der Waals surface area contributed by atoms with Gasteiger partial charge in [-0.05, 0) is 24.3 Å². The molecular formula is C15H14N4O2. The molecule has 0 heterocycles. The van der Waals surface area contributed by atoms with E-state index >= 15 is 0 Å². The molecule has 106 valence electrons. The van der Waals surface area contributed by atoms with Gasteiger partial charge in [-0.2, -0.15) is 10.2 Å². The fourth-order valence-corrected chi connectivity index (χ4v) is 1.45. The van der Waals surface area contributed by atoms with Crippen LogP contribution in [0, 0.1) is 0 Å². The highest BCUT2D eigenvalue weighted by Crippen LogP contribution is 2.05. The minimum atomic E-state index is -1.17. The highest BCUT2D eigenvalue weighted by molar-refractivity contribution is 6.59. The molecule has 2 aromatic rings. The number of benzene rings is 2. The van der Waals surface area contributed by atoms with Crippen LogP contribution >= 0.6 is 0 Å². The van der Waals surface area contributed by atoms with Gasteiger partial charge in [0, 0.05) is 0 Å². The summed E-state index contributed by atoms with van der Waals surface area (Å²) in [4.78, 5) is 11.1. The van der Waals surface area contributed by atoms with Crippen LogP contribution in [-0.2, 0) is 4.79 Å². The largest absolute Gasteiger partial charge is 0.476 e. The minimum Gasteiger partial charge on any atom is -0.476 e. The summed E-state index contributed by atoms with van der Waals surface area (Å²) in [6.45, 7) is 0. The van der Waals surface area contributed by atoms with E-state index in [1.165, 1.54) is 0 Å². The zero-order chi connectivity index (χ0) is 14.9. The summed E-state index contributed by atoms with van der Waals surface area (Å²) in [5, 5.41) is 16.7. The Morgan fingerprint density at radius 1 is 0.905 bits per heavy atom. The van der Waals surface area contributed by atoms with Gasteiger partial charge in [-0.25, -0.2) is 4.79 Å². The molecule has 0 bridgehead atoms. The molecule has 6 nitrogen and oxygen atoms in total. The van der Waals surface area contributed by atoms with Gasteiger partial charge in [0.15, 0.2) is 5.71 Å². The zero-order valence-electron chi connectivity index (χ0n) is 11.1. The van der Waals surface area contributed by atoms with Crippen LogP contribution in [0.3, 0.4) is 0 Å². The van der Waals surface area contributed by atoms with E-state index in [-0.39, 0.29) is 5.71 Å². The van der Waals surface area contributed by atoms with Crippen molar-refractivity contribution in [3.8, 4) is 0 Å². The normalized spacial score (nSPS) is 11.3. The van der Waals surface area contributed by atoms with Crippen molar-refractivity contribution >= 4 is 29.3 Å². The van der Waals surface area contributed by atoms with Crippen molar-refractivity contribution in [1.29, 1.82) is 0 Å². The van der Waals surface area contributed by atoms with Crippen molar-refractivity contribution in [1.82, 2.24) is 0 Å². The standard InChI is InChI=1S/C15H14N4O2/c20-15(21)14(19-18-13-9-5-2-6-10-13)11-16-17-12-7-3-1-4-8-12/h1-11,17-18H,(H,20,21). The second kappa shape index (κ2) is 7.44. The molecule has 0 aliphatic carbocycles. The minimum absolute atomic E-state index is 0.206. The van der Waals surface area contributed by atoms with Gasteiger partial charge in [0.2, 0.25) is 0 Å². The third-order valence-corrected chi connectivity index (χ3v) is 2.45. The monoisotopic (exact) mass is 282 g/mol. The number of rotatable bonds is 6. The second-order valence-electron chi connectivity index (χ2n) is 4.02. The molecule has 0 saturated heterocycles. The third kappa shape index (κ3) is 4.79. The highest BCUT2D eigenvalue weighted by Gasteiger charge is 2.06. The number of carboxylic acid groups (broad SMARTS) is 1. The third-order valence-electron chi connectivity index (χ3n) is 2.45. The number of hydrogen-bond donors (Lipinski definition) is 3. The summed E-state index contributed by atoms with van der Waals surface area (Å²) in [5.74, 6) is -1.17. The molecule has 0 radical (unpaired) electrons. The Kier molecular flexibility index (Phi) is 5.05. The zero-order valence-corrected chi connectivity index (χ0v) is 11.1. The molecule has 0 atom stereocenters. The predicted molar refractivity (Wildman–Crippen MR) is 83.7 cm³/mol. The molecule has 3 N–H and O–H groups in total. The molecule has 6 heteroatoms. The van der Waals surface area contributed by atoms with Crippen LogP contribution in [0.5, 0.6) is 0 Å². The van der Waals surface area contributed by atoms with Gasteiger partial charge in [0.25, 0.3) is 0 Å². The van der Waals surface area contributed by atoms with Crippen LogP contribution in [0.2, 0.25) is 0 Å². The Morgan fingerprint density at radius 3 is 1.95 bits per heavy atom. The lowest BCUT2D eigenvalue weighted by Gasteiger charge is -2.01. The number of anilines is 2. The van der Waals surface area contributed by atoms with E-state index in [2.05, 4.69) is 21.1 Å². The van der Waals surface area contributed by atoms with Gasteiger partial charge in [-0.15, -0.1) is 0 Å². The van der Waals surface area contributed by atoms with Gasteiger partial charge >= 0.3 is 5.97 Å². The molecule has 0 aliphatic rings. The average molecular weight is 282 g/mol. The lowest BCUT2D eigenvalue weighted by atomic mass is 10.3. The fraction of sp³-hybridized carbons (Fsp3) is 0. The molecule has 0 saturated carbocycles. The van der Waals surface area contributed by atoms with Crippen molar-refractivity contribution in [2.45, 2.75) is 0 Å². The van der Waals surface area contributed by atoms with E-state index in [9.17, 15) is 4.79 Å². The Labute approximate surface area is 121 Å². The number of hydrazone groups is 2. The fourth-order valence-electron chi connectivity index (χ4n) is 1.45. The van der Waals surface area contributed by atoms with Crippen LogP contribution in [0.25, 0.3) is 0 Å². The quantitative estimate of drug-likeness (QED) is 0.561. The summed E-state index contributed by atoms with van der Waals surface area (Å²) in [6.07, 6.45) is 1.14. The molecule has 0 aromatic heterocycles. The molecule has 21 heavy (non-hydrogen) atoms. The van der Waals surface area contributed by atoms with Gasteiger partial charge in [-0.1, -0.05) is 36.4 Å². The lowest BCUT2D eigenvalue weighted by Crippen LogP contribution is -2.17. The summed E-state index contributed by atoms with van der Waals surface area (Å²) in [7, 11) is 0. The first-order chi connectivity index (χ1) is 10.3. The summed E-state index contributed by atoms with van der Waals surface area (Å²) < 4.78 is 0. The maximum Gasteiger partial charge on any atom is 0.358 e.